The number of pyridine rings is 2. The molecule has 6 heteroatoms. The van der Waals surface area contributed by atoms with Gasteiger partial charge in [0.1, 0.15) is 12.0 Å². The van der Waals surface area contributed by atoms with Gasteiger partial charge in [0.25, 0.3) is 0 Å². The average Bonchev–Trinajstić information content (AvgIpc) is 3.66. The van der Waals surface area contributed by atoms with Gasteiger partial charge in [0, 0.05) is 68.2 Å². The minimum Gasteiger partial charge on any atom is -0.294 e. The maximum absolute atomic E-state index is 4.96. The fourth-order valence-electron chi connectivity index (χ4n) is 6.13. The standard InChI is InChI=1S/C33H19N5S/c1-2-9-29-23(5-1)24-8-4-12-35-33(24)38(29)21-11-10-19-14-28-27(26(19)15-21)13-20(16-36-28)22-6-3-7-25-31-30(39-32(22)25)17-34-18-37-31/h1-13,15-18H,14H2. The average molecular weight is 518 g/mol. The van der Waals surface area contributed by atoms with Gasteiger partial charge in [-0.1, -0.05) is 42.5 Å². The molecule has 0 bridgehead atoms. The number of hydrogen-bond acceptors (Lipinski definition) is 5. The van der Waals surface area contributed by atoms with Gasteiger partial charge in [0.15, 0.2) is 0 Å². The third-order valence-corrected chi connectivity index (χ3v) is 9.04. The van der Waals surface area contributed by atoms with Crippen LogP contribution in [0.15, 0.2) is 104 Å². The van der Waals surface area contributed by atoms with Gasteiger partial charge in [0.2, 0.25) is 0 Å². The third-order valence-electron chi connectivity index (χ3n) is 7.88. The molecule has 5 heterocycles. The van der Waals surface area contributed by atoms with Gasteiger partial charge in [-0.3, -0.25) is 9.55 Å². The molecule has 8 aromatic rings. The fourth-order valence-corrected chi connectivity index (χ4v) is 7.29. The molecule has 3 aromatic carbocycles. The van der Waals surface area contributed by atoms with Crippen molar-refractivity contribution in [1.29, 1.82) is 0 Å². The Morgan fingerprint density at radius 1 is 0.718 bits per heavy atom. The molecule has 5 aromatic heterocycles. The Kier molecular flexibility index (Phi) is 4.20. The summed E-state index contributed by atoms with van der Waals surface area (Å²) in [6, 6.07) is 28.2. The monoisotopic (exact) mass is 517 g/mol. The highest BCUT2D eigenvalue weighted by Gasteiger charge is 2.23. The first-order valence-corrected chi connectivity index (χ1v) is 13.7. The first kappa shape index (κ1) is 21.0. The van der Waals surface area contributed by atoms with Crippen LogP contribution in [0.5, 0.6) is 0 Å². The zero-order valence-corrected chi connectivity index (χ0v) is 21.5. The highest BCUT2D eigenvalue weighted by Crippen LogP contribution is 2.43. The van der Waals surface area contributed by atoms with Crippen LogP contribution in [-0.4, -0.2) is 24.5 Å². The zero-order chi connectivity index (χ0) is 25.5. The molecular formula is C33H19N5S. The Bertz CT molecular complexity index is 2220. The summed E-state index contributed by atoms with van der Waals surface area (Å²) in [4.78, 5) is 18.5. The number of thiophene rings is 1. The Morgan fingerprint density at radius 2 is 1.64 bits per heavy atom. The predicted molar refractivity (Wildman–Crippen MR) is 159 cm³/mol. The van der Waals surface area contributed by atoms with E-state index in [4.69, 9.17) is 9.97 Å². The van der Waals surface area contributed by atoms with Crippen LogP contribution in [-0.2, 0) is 6.42 Å². The Labute approximate surface area is 227 Å². The normalized spacial score (nSPS) is 12.5. The largest absolute Gasteiger partial charge is 0.294 e. The van der Waals surface area contributed by atoms with Gasteiger partial charge in [-0.2, -0.15) is 0 Å². The molecule has 182 valence electrons. The van der Waals surface area contributed by atoms with Crippen molar-refractivity contribution >= 4 is 53.6 Å². The van der Waals surface area contributed by atoms with E-state index in [0.717, 1.165) is 50.1 Å². The molecule has 0 aliphatic heterocycles. The van der Waals surface area contributed by atoms with Gasteiger partial charge < -0.3 is 0 Å². The number of fused-ring (bicyclic) bond motifs is 9. The smallest absolute Gasteiger partial charge is 0.145 e. The molecule has 0 atom stereocenters. The predicted octanol–water partition coefficient (Wildman–Crippen LogP) is 7.97. The van der Waals surface area contributed by atoms with Crippen molar-refractivity contribution < 1.29 is 0 Å². The van der Waals surface area contributed by atoms with Gasteiger partial charge in [-0.05, 0) is 47.5 Å². The number of benzene rings is 3. The van der Waals surface area contributed by atoms with E-state index >= 15 is 0 Å². The number of rotatable bonds is 2. The van der Waals surface area contributed by atoms with Gasteiger partial charge in [-0.25, -0.2) is 15.0 Å². The molecule has 0 spiro atoms. The number of nitrogens with zero attached hydrogens (tertiary/aromatic N) is 5. The molecule has 9 rings (SSSR count). The molecule has 0 saturated heterocycles. The van der Waals surface area contributed by atoms with Crippen molar-refractivity contribution in [2.75, 3.05) is 0 Å². The van der Waals surface area contributed by atoms with Crippen LogP contribution in [0, 0.1) is 0 Å². The Balaban J connectivity index is 1.24. The first-order valence-electron chi connectivity index (χ1n) is 12.9. The van der Waals surface area contributed by atoms with Crippen molar-refractivity contribution in [2.24, 2.45) is 0 Å². The highest BCUT2D eigenvalue weighted by atomic mass is 32.1. The van der Waals surface area contributed by atoms with Crippen LogP contribution >= 0.6 is 11.3 Å². The van der Waals surface area contributed by atoms with Crippen LogP contribution in [0.3, 0.4) is 0 Å². The summed E-state index contributed by atoms with van der Waals surface area (Å²) in [6.45, 7) is 0. The third kappa shape index (κ3) is 2.95. The molecule has 0 saturated carbocycles. The van der Waals surface area contributed by atoms with Crippen LogP contribution in [0.1, 0.15) is 11.3 Å². The number of para-hydroxylation sites is 1. The summed E-state index contributed by atoms with van der Waals surface area (Å²) in [5.74, 6) is 0. The van der Waals surface area contributed by atoms with Crippen molar-refractivity contribution in [3.8, 4) is 27.9 Å². The topological polar surface area (TPSA) is 56.5 Å². The van der Waals surface area contributed by atoms with Crippen molar-refractivity contribution in [3.63, 3.8) is 0 Å². The molecule has 39 heavy (non-hydrogen) atoms. The highest BCUT2D eigenvalue weighted by molar-refractivity contribution is 7.26. The summed E-state index contributed by atoms with van der Waals surface area (Å²) in [5, 5.41) is 3.54. The van der Waals surface area contributed by atoms with E-state index in [0.29, 0.717) is 0 Å². The zero-order valence-electron chi connectivity index (χ0n) is 20.7. The van der Waals surface area contributed by atoms with E-state index in [2.05, 4.69) is 87.3 Å². The SMILES string of the molecule is c1cc(-c2cnc3c(c2)-c2cc(-n4c5ccccc5c5cccnc54)ccc2C3)c2sc3cncnc3c2c1. The molecule has 0 amide bonds. The van der Waals surface area contributed by atoms with E-state index in [1.54, 1.807) is 17.7 Å². The molecule has 1 aliphatic rings. The van der Waals surface area contributed by atoms with Gasteiger partial charge in [0.05, 0.1) is 21.4 Å². The van der Waals surface area contributed by atoms with E-state index in [1.807, 2.05) is 24.7 Å². The molecule has 0 unspecified atom stereocenters. The lowest BCUT2D eigenvalue weighted by molar-refractivity contribution is 1.11. The summed E-state index contributed by atoms with van der Waals surface area (Å²) in [5.41, 5.74) is 11.4. The minimum absolute atomic E-state index is 0.847. The molecule has 1 aliphatic carbocycles. The number of hydrogen-bond donors (Lipinski definition) is 0. The van der Waals surface area contributed by atoms with Crippen molar-refractivity contribution in [2.45, 2.75) is 6.42 Å². The van der Waals surface area contributed by atoms with Crippen molar-refractivity contribution in [3.05, 3.63) is 115 Å². The summed E-state index contributed by atoms with van der Waals surface area (Å²) in [7, 11) is 0. The lowest BCUT2D eigenvalue weighted by Crippen LogP contribution is -1.96. The second-order valence-electron chi connectivity index (χ2n) is 9.98. The first-order chi connectivity index (χ1) is 19.3. The quantitative estimate of drug-likeness (QED) is 0.233. The van der Waals surface area contributed by atoms with Crippen LogP contribution in [0.2, 0.25) is 0 Å². The molecule has 0 fully saturated rings. The van der Waals surface area contributed by atoms with E-state index in [1.165, 1.54) is 37.7 Å². The fraction of sp³-hybridized carbons (Fsp3) is 0.0303. The number of aromatic nitrogens is 5. The van der Waals surface area contributed by atoms with Gasteiger partial charge in [-0.15, -0.1) is 11.3 Å². The lowest BCUT2D eigenvalue weighted by Gasteiger charge is -2.10. The second kappa shape index (κ2) is 7.79. The van der Waals surface area contributed by atoms with Crippen LogP contribution in [0.25, 0.3) is 70.2 Å². The van der Waals surface area contributed by atoms with E-state index < -0.39 is 0 Å². The van der Waals surface area contributed by atoms with Crippen LogP contribution < -0.4 is 0 Å². The Hall–Kier alpha value is -4.94. The maximum Gasteiger partial charge on any atom is 0.145 e. The van der Waals surface area contributed by atoms with Crippen LogP contribution in [0.4, 0.5) is 0 Å². The lowest BCUT2D eigenvalue weighted by atomic mass is 10.0. The van der Waals surface area contributed by atoms with Crippen molar-refractivity contribution in [1.82, 2.24) is 24.5 Å². The second-order valence-corrected chi connectivity index (χ2v) is 11.0. The molecular weight excluding hydrogens is 498 g/mol. The maximum atomic E-state index is 4.96. The van der Waals surface area contributed by atoms with Gasteiger partial charge >= 0.3 is 0 Å². The molecule has 0 N–H and O–H groups in total. The minimum atomic E-state index is 0.847. The molecule has 5 nitrogen and oxygen atoms in total. The van der Waals surface area contributed by atoms with E-state index in [-0.39, 0.29) is 0 Å². The summed E-state index contributed by atoms with van der Waals surface area (Å²) in [6.07, 6.45) is 8.27. The molecule has 0 radical (unpaired) electrons. The Morgan fingerprint density at radius 3 is 2.64 bits per heavy atom. The summed E-state index contributed by atoms with van der Waals surface area (Å²) >= 11 is 1.74. The summed E-state index contributed by atoms with van der Waals surface area (Å²) < 4.78 is 4.60. The van der Waals surface area contributed by atoms with E-state index in [9.17, 15) is 0 Å².